The number of hydrogen-bond donors (Lipinski definition) is 0. The normalized spacial score (nSPS) is 20.4. The predicted molar refractivity (Wildman–Crippen MR) is 366 cm³/mol. The van der Waals surface area contributed by atoms with E-state index in [4.69, 9.17) is 42.0 Å². The molecule has 3 saturated heterocycles. The molecule has 18 nitrogen and oxygen atoms in total. The van der Waals surface area contributed by atoms with E-state index >= 15 is 0 Å². The number of likely N-dealkylation sites (tertiary alicyclic amines) is 2. The molecule has 0 radical (unpaired) electrons. The van der Waals surface area contributed by atoms with E-state index in [-0.39, 0.29) is 126 Å². The van der Waals surface area contributed by atoms with E-state index in [0.29, 0.717) is 53.2 Å². The topological polar surface area (TPSA) is 171 Å². The number of anilines is 2. The molecule has 9 rings (SSSR count). The van der Waals surface area contributed by atoms with Crippen molar-refractivity contribution >= 4 is 75.8 Å². The molecule has 3 aliphatic rings. The van der Waals surface area contributed by atoms with Gasteiger partial charge in [-0.1, -0.05) is 78.6 Å². The van der Waals surface area contributed by atoms with Gasteiger partial charge < -0.3 is 38.4 Å². The number of alkyl halides is 6. The summed E-state index contributed by atoms with van der Waals surface area (Å²) in [5, 5.41) is 8.34. The zero-order valence-electron chi connectivity index (χ0n) is 58.0. The van der Waals surface area contributed by atoms with E-state index in [1.54, 1.807) is 52.6 Å². The maximum absolute atomic E-state index is 13.7. The van der Waals surface area contributed by atoms with Crippen molar-refractivity contribution in [3.05, 3.63) is 123 Å². The fraction of sp³-hybridized carbons (Fsp3) is 0.588. The number of carbonyl (C=O) groups excluding carboxylic acids is 2. The summed E-state index contributed by atoms with van der Waals surface area (Å²) in [5.41, 5.74) is 1.20. The van der Waals surface area contributed by atoms with Crippen LogP contribution in [0.15, 0.2) is 90.4 Å². The van der Waals surface area contributed by atoms with Crippen molar-refractivity contribution < 1.29 is 54.7 Å². The molecular formula is C68H92BBrCl2F6N12O6. The van der Waals surface area contributed by atoms with Gasteiger partial charge in [-0.2, -0.15) is 36.5 Å². The second kappa shape index (κ2) is 31.8. The summed E-state index contributed by atoms with van der Waals surface area (Å²) in [7, 11) is 3.40. The molecule has 4 aromatic heterocycles. The van der Waals surface area contributed by atoms with Gasteiger partial charge in [0.25, 0.3) is 0 Å². The van der Waals surface area contributed by atoms with Gasteiger partial charge in [-0.15, -0.1) is 0 Å². The first-order chi connectivity index (χ1) is 44.6. The van der Waals surface area contributed by atoms with Crippen molar-refractivity contribution in [1.82, 2.24) is 49.3 Å². The molecule has 0 N–H and O–H groups in total. The number of benzene rings is 2. The predicted octanol–water partition coefficient (Wildman–Crippen LogP) is 16.3. The van der Waals surface area contributed by atoms with Gasteiger partial charge in [0, 0.05) is 133 Å². The van der Waals surface area contributed by atoms with Gasteiger partial charge in [-0.3, -0.25) is 9.36 Å². The highest BCUT2D eigenvalue weighted by Gasteiger charge is 2.52. The van der Waals surface area contributed by atoms with Gasteiger partial charge in [0.05, 0.1) is 45.2 Å². The number of hydrogen-bond acceptors (Lipinski definition) is 14. The minimum absolute atomic E-state index is 0.00369. The molecule has 28 heteroatoms. The number of halogens is 9. The van der Waals surface area contributed by atoms with E-state index < -0.39 is 23.5 Å². The van der Waals surface area contributed by atoms with Crippen LogP contribution >= 0.6 is 39.1 Å². The van der Waals surface area contributed by atoms with Gasteiger partial charge in [0.15, 0.2) is 0 Å². The molecule has 3 aliphatic heterocycles. The Balaban J connectivity index is 0.000000224. The minimum atomic E-state index is -4.54. The zero-order valence-corrected chi connectivity index (χ0v) is 61.1. The first-order valence-corrected chi connectivity index (χ1v) is 34.0. The van der Waals surface area contributed by atoms with Gasteiger partial charge in [0.2, 0.25) is 11.9 Å². The van der Waals surface area contributed by atoms with Gasteiger partial charge in [0.1, 0.15) is 0 Å². The number of amides is 2. The lowest BCUT2D eigenvalue weighted by Crippen LogP contribution is -2.60. The third kappa shape index (κ3) is 19.8. The second-order valence-electron chi connectivity index (χ2n) is 28.0. The van der Waals surface area contributed by atoms with Crippen molar-refractivity contribution in [2.45, 2.75) is 222 Å². The lowest BCUT2D eigenvalue weighted by atomic mass is 9.81. The smallest absolute Gasteiger partial charge is 0.447 e. The van der Waals surface area contributed by atoms with E-state index in [0.717, 1.165) is 40.9 Å². The van der Waals surface area contributed by atoms with Gasteiger partial charge in [-0.05, 0) is 168 Å². The quantitative estimate of drug-likeness (QED) is 0.0662. The summed E-state index contributed by atoms with van der Waals surface area (Å²) in [6.07, 6.45) is 5.92. The molecule has 3 fully saturated rings. The third-order valence-electron chi connectivity index (χ3n) is 17.9. The Kier molecular flexibility index (Phi) is 25.5. The summed E-state index contributed by atoms with van der Waals surface area (Å²) in [4.78, 5) is 52.5. The number of aryl methyl sites for hydroxylation is 2. The molecule has 6 aromatic rings. The Morgan fingerprint density at radius 2 is 0.917 bits per heavy atom. The van der Waals surface area contributed by atoms with Crippen LogP contribution in [0, 0.1) is 23.7 Å². The standard InChI is InChI=1S/C31H40ClF3N6O2.C27H35BrClF3N4O2.C10H17BN2O2/c1-18(2)27-11-26(12-28(19(3)4)41(27)30(42)43-20(5)6)40(16-21-8-24(31(33,34)35)10-25(32)9-21)29-36-13-22(14-37-29)23-15-38-39(7)17-23;1-15(2)23-10-22(11-24(16(3)4)36(23)26(37)38-17(5)6)35(25-33-12-20(28)13-34-25)14-18-7-19(27(30,31)32)9-21(29)8-18;1-9(2)10(3,4)15-11(14-9)8-6-12-13(5)7-8/h8-10,13-15,17-20,26-28H,11-12,16H2,1-7H3;7-9,12-13,15-17,22-24H,10-11,14H2,1-6H3;6-7H,1-5H3/t27-,28-;23-,24-;/m00./s1. The van der Waals surface area contributed by atoms with Crippen LogP contribution in [0.25, 0.3) is 11.1 Å². The van der Waals surface area contributed by atoms with Crippen LogP contribution < -0.4 is 15.3 Å². The number of nitrogens with zero attached hydrogens (tertiary/aromatic N) is 12. The maximum Gasteiger partial charge on any atom is 0.498 e. The molecule has 0 spiro atoms. The van der Waals surface area contributed by atoms with Crippen molar-refractivity contribution in [3.8, 4) is 11.1 Å². The van der Waals surface area contributed by atoms with Crippen molar-refractivity contribution in [1.29, 1.82) is 0 Å². The maximum atomic E-state index is 13.7. The molecule has 526 valence electrons. The highest BCUT2D eigenvalue weighted by Crippen LogP contribution is 2.42. The Labute approximate surface area is 579 Å². The van der Waals surface area contributed by atoms with Crippen LogP contribution in [0.5, 0.6) is 0 Å². The zero-order chi connectivity index (χ0) is 71.3. The largest absolute Gasteiger partial charge is 0.498 e. The van der Waals surface area contributed by atoms with Crippen molar-refractivity contribution in [3.63, 3.8) is 0 Å². The van der Waals surface area contributed by atoms with Gasteiger partial charge in [-0.25, -0.2) is 29.5 Å². The van der Waals surface area contributed by atoms with E-state index in [1.807, 2.05) is 101 Å². The van der Waals surface area contributed by atoms with Crippen LogP contribution in [-0.4, -0.2) is 128 Å². The van der Waals surface area contributed by atoms with E-state index in [9.17, 15) is 35.9 Å². The monoisotopic (exact) mass is 1450 g/mol. The van der Waals surface area contributed by atoms with Crippen LogP contribution in [0.3, 0.4) is 0 Å². The summed E-state index contributed by atoms with van der Waals surface area (Å²) < 4.78 is 109. The highest BCUT2D eigenvalue weighted by atomic mass is 79.9. The van der Waals surface area contributed by atoms with Gasteiger partial charge >= 0.3 is 31.7 Å². The second-order valence-corrected chi connectivity index (χ2v) is 29.8. The molecule has 7 heterocycles. The minimum Gasteiger partial charge on any atom is -0.447 e. The van der Waals surface area contributed by atoms with E-state index in [1.165, 1.54) is 6.07 Å². The summed E-state index contributed by atoms with van der Waals surface area (Å²) in [6.45, 7) is 32.2. The summed E-state index contributed by atoms with van der Waals surface area (Å²) in [6, 6.07) is 6.23. The molecule has 0 aliphatic carbocycles. The Hall–Kier alpha value is -6.22. The third-order valence-corrected chi connectivity index (χ3v) is 18.7. The molecule has 0 bridgehead atoms. The number of aromatic nitrogens is 8. The molecule has 0 unspecified atom stereocenters. The number of rotatable bonds is 16. The molecule has 2 aromatic carbocycles. The fourth-order valence-corrected chi connectivity index (χ4v) is 13.0. The Morgan fingerprint density at radius 1 is 0.562 bits per heavy atom. The molecule has 4 atom stereocenters. The number of piperidine rings is 2. The highest BCUT2D eigenvalue weighted by molar-refractivity contribution is 9.10. The molecular weight excluding hydrogens is 1360 g/mol. The lowest BCUT2D eigenvalue weighted by Gasteiger charge is -2.50. The number of carbonyl (C=O) groups is 2. The SMILES string of the molecule is CC(C)OC(=O)N1[C@H](C(C)C)CC(N(Cc2cc(Cl)cc(C(F)(F)F)c2)c2ncc(-c3cnn(C)c3)cn2)C[C@H]1C(C)C.CC(C)OC(=O)N1[C@H](C(C)C)CC(N(Cc2cc(Cl)cc(C(F)(F)F)c2)c2ncc(Br)cn2)C[C@H]1C(C)C.Cn1cc(B2OC(C)(C)C(C)(C)O2)cn1. The van der Waals surface area contributed by atoms with Crippen molar-refractivity contribution in [2.24, 2.45) is 37.8 Å². The van der Waals surface area contributed by atoms with Crippen LogP contribution in [0.1, 0.15) is 159 Å². The van der Waals surface area contributed by atoms with Crippen LogP contribution in [0.4, 0.5) is 47.8 Å². The van der Waals surface area contributed by atoms with Crippen LogP contribution in [-0.2, 0) is 58.3 Å². The number of ether oxygens (including phenoxy) is 2. The molecule has 0 saturated carbocycles. The average molecular weight is 1450 g/mol. The van der Waals surface area contributed by atoms with E-state index in [2.05, 4.69) is 101 Å². The lowest BCUT2D eigenvalue weighted by molar-refractivity contribution is -0.138. The Morgan fingerprint density at radius 3 is 1.23 bits per heavy atom. The molecule has 96 heavy (non-hydrogen) atoms. The summed E-state index contributed by atoms with van der Waals surface area (Å²) in [5.74, 6) is 1.22. The van der Waals surface area contributed by atoms with Crippen LogP contribution in [0.2, 0.25) is 10.0 Å². The fourth-order valence-electron chi connectivity index (χ4n) is 12.3. The van der Waals surface area contributed by atoms with Crippen molar-refractivity contribution in [2.75, 3.05) is 9.80 Å². The summed E-state index contributed by atoms with van der Waals surface area (Å²) >= 11 is 15.6. The Bertz CT molecular complexity index is 3490. The first kappa shape index (κ1) is 77.1. The first-order valence-electron chi connectivity index (χ1n) is 32.5. The molecule has 2 amide bonds. The average Bonchev–Trinajstić information content (AvgIpc) is 1.26.